The van der Waals surface area contributed by atoms with Crippen molar-refractivity contribution in [3.63, 3.8) is 0 Å². The summed E-state index contributed by atoms with van der Waals surface area (Å²) >= 11 is 0. The van der Waals surface area contributed by atoms with E-state index in [-0.39, 0.29) is 16.7 Å². The number of nitrogens with one attached hydrogen (secondary N) is 2. The van der Waals surface area contributed by atoms with Crippen LogP contribution < -0.4 is 10.6 Å². The lowest BCUT2D eigenvalue weighted by molar-refractivity contribution is -0.384. The van der Waals surface area contributed by atoms with E-state index < -0.39 is 0 Å². The maximum Gasteiger partial charge on any atom is 0.314 e. The van der Waals surface area contributed by atoms with Gasteiger partial charge in [-0.25, -0.2) is 9.97 Å². The van der Waals surface area contributed by atoms with Crippen molar-refractivity contribution in [3.05, 3.63) is 52.3 Å². The number of aryl methyl sites for hydroxylation is 1. The van der Waals surface area contributed by atoms with Crippen molar-refractivity contribution in [1.82, 2.24) is 9.97 Å². The monoisotopic (exact) mass is 327 g/mol. The summed E-state index contributed by atoms with van der Waals surface area (Å²) in [5.41, 5.74) is 0.703. The average molecular weight is 327 g/mol. The minimum Gasteiger partial charge on any atom is -0.367 e. The van der Waals surface area contributed by atoms with Crippen LogP contribution in [0.15, 0.2) is 36.7 Å². The number of hydrogen-bond acceptors (Lipinski definition) is 6. The van der Waals surface area contributed by atoms with Gasteiger partial charge >= 0.3 is 5.69 Å². The van der Waals surface area contributed by atoms with Crippen LogP contribution in [0.4, 0.5) is 17.3 Å². The number of nitro groups is 1. The molecule has 7 nitrogen and oxygen atoms in total. The Morgan fingerprint density at radius 3 is 2.38 bits per heavy atom. The molecule has 0 spiro atoms. The van der Waals surface area contributed by atoms with E-state index in [1.165, 1.54) is 0 Å². The highest BCUT2D eigenvalue weighted by Gasteiger charge is 2.25. The minimum atomic E-state index is -0.362. The molecule has 2 heterocycles. The summed E-state index contributed by atoms with van der Waals surface area (Å²) in [5, 5.41) is 17.9. The fourth-order valence-corrected chi connectivity index (χ4v) is 3.12. The Kier molecular flexibility index (Phi) is 4.88. The maximum atomic E-state index is 11.2. The Morgan fingerprint density at radius 1 is 1.04 bits per heavy atom. The zero-order valence-electron chi connectivity index (χ0n) is 13.6. The van der Waals surface area contributed by atoms with Gasteiger partial charge in [-0.2, -0.15) is 0 Å². The van der Waals surface area contributed by atoms with E-state index in [0.717, 1.165) is 31.5 Å². The molecule has 1 saturated carbocycles. The second-order valence-corrected chi connectivity index (χ2v) is 6.13. The summed E-state index contributed by atoms with van der Waals surface area (Å²) in [5.74, 6) is 1.27. The van der Waals surface area contributed by atoms with Crippen LogP contribution in [0.25, 0.3) is 0 Å². The lowest BCUT2D eigenvalue weighted by Gasteiger charge is -2.30. The highest BCUT2D eigenvalue weighted by Crippen LogP contribution is 2.29. The largest absolute Gasteiger partial charge is 0.367 e. The number of nitrogens with zero attached hydrogens (tertiary/aromatic N) is 3. The lowest BCUT2D eigenvalue weighted by Crippen LogP contribution is -2.33. The molecule has 2 aromatic rings. The van der Waals surface area contributed by atoms with Crippen molar-refractivity contribution in [2.24, 2.45) is 0 Å². The van der Waals surface area contributed by atoms with Crippen LogP contribution in [0.2, 0.25) is 0 Å². The summed E-state index contributed by atoms with van der Waals surface area (Å²) in [7, 11) is 0. The maximum absolute atomic E-state index is 11.2. The van der Waals surface area contributed by atoms with Crippen LogP contribution in [0.3, 0.4) is 0 Å². The first-order chi connectivity index (χ1) is 11.6. The van der Waals surface area contributed by atoms with Gasteiger partial charge < -0.3 is 10.6 Å². The van der Waals surface area contributed by atoms with E-state index in [4.69, 9.17) is 0 Å². The van der Waals surface area contributed by atoms with Gasteiger partial charge in [0.1, 0.15) is 5.82 Å². The second-order valence-electron chi connectivity index (χ2n) is 6.13. The summed E-state index contributed by atoms with van der Waals surface area (Å²) in [4.78, 5) is 19.3. The van der Waals surface area contributed by atoms with Crippen LogP contribution >= 0.6 is 0 Å². The first kappa shape index (κ1) is 16.2. The number of aromatic nitrogens is 2. The summed E-state index contributed by atoms with van der Waals surface area (Å²) < 4.78 is 0. The topological polar surface area (TPSA) is 93.0 Å². The fourth-order valence-electron chi connectivity index (χ4n) is 3.12. The SMILES string of the molecule is Cc1ccnc(NC2CCC(Nc3ccccn3)CC2)c1[N+](=O)[O-]. The standard InChI is InChI=1S/C17H21N5O2/c1-12-9-11-19-17(16(12)22(23)24)21-14-7-5-13(6-8-14)20-15-4-2-3-10-18-15/h2-4,9-11,13-14H,5-8H2,1H3,(H,18,20)(H,19,21). The predicted molar refractivity (Wildman–Crippen MR) is 93.2 cm³/mol. The molecule has 0 aromatic carbocycles. The molecule has 3 rings (SSSR count). The molecular weight excluding hydrogens is 306 g/mol. The lowest BCUT2D eigenvalue weighted by atomic mass is 9.91. The van der Waals surface area contributed by atoms with Crippen molar-refractivity contribution in [2.45, 2.75) is 44.7 Å². The van der Waals surface area contributed by atoms with E-state index in [1.54, 1.807) is 25.4 Å². The highest BCUT2D eigenvalue weighted by atomic mass is 16.6. The Morgan fingerprint density at radius 2 is 1.75 bits per heavy atom. The van der Waals surface area contributed by atoms with Gasteiger partial charge in [0, 0.05) is 30.0 Å². The first-order valence-corrected chi connectivity index (χ1v) is 8.17. The van der Waals surface area contributed by atoms with Crippen LogP contribution in [0.5, 0.6) is 0 Å². The Bertz CT molecular complexity index is 699. The van der Waals surface area contributed by atoms with Crippen LogP contribution in [0, 0.1) is 17.0 Å². The summed E-state index contributed by atoms with van der Waals surface area (Å²) in [6, 6.07) is 8.08. The number of anilines is 2. The molecule has 126 valence electrons. The van der Waals surface area contributed by atoms with Gasteiger partial charge in [-0.15, -0.1) is 0 Å². The molecule has 0 amide bonds. The molecule has 0 bridgehead atoms. The zero-order chi connectivity index (χ0) is 16.9. The number of pyridine rings is 2. The van der Waals surface area contributed by atoms with E-state index in [2.05, 4.69) is 20.6 Å². The molecule has 24 heavy (non-hydrogen) atoms. The third-order valence-corrected chi connectivity index (χ3v) is 4.39. The van der Waals surface area contributed by atoms with Gasteiger partial charge in [-0.3, -0.25) is 10.1 Å². The van der Waals surface area contributed by atoms with Gasteiger partial charge in [-0.1, -0.05) is 6.07 Å². The Labute approximate surface area is 140 Å². The molecular formula is C17H21N5O2. The van der Waals surface area contributed by atoms with E-state index >= 15 is 0 Å². The molecule has 1 fully saturated rings. The highest BCUT2D eigenvalue weighted by molar-refractivity contribution is 5.60. The first-order valence-electron chi connectivity index (χ1n) is 8.17. The predicted octanol–water partition coefficient (Wildman–Crippen LogP) is 3.53. The van der Waals surface area contributed by atoms with Gasteiger partial charge in [0.25, 0.3) is 0 Å². The van der Waals surface area contributed by atoms with E-state index in [0.29, 0.717) is 17.4 Å². The number of rotatable bonds is 5. The molecule has 2 N–H and O–H groups in total. The van der Waals surface area contributed by atoms with Crippen molar-refractivity contribution < 1.29 is 4.92 Å². The Balaban J connectivity index is 1.58. The van der Waals surface area contributed by atoms with Gasteiger partial charge in [0.2, 0.25) is 5.82 Å². The molecule has 7 heteroatoms. The molecule has 0 aliphatic heterocycles. The van der Waals surface area contributed by atoms with Crippen molar-refractivity contribution in [2.75, 3.05) is 10.6 Å². The summed E-state index contributed by atoms with van der Waals surface area (Å²) in [6.07, 6.45) is 7.26. The van der Waals surface area contributed by atoms with Crippen molar-refractivity contribution in [1.29, 1.82) is 0 Å². The minimum absolute atomic E-state index is 0.0752. The normalized spacial score (nSPS) is 20.4. The van der Waals surface area contributed by atoms with Gasteiger partial charge in [-0.05, 0) is 50.8 Å². The second kappa shape index (κ2) is 7.25. The molecule has 0 saturated heterocycles. The van der Waals surface area contributed by atoms with Crippen molar-refractivity contribution in [3.8, 4) is 0 Å². The van der Waals surface area contributed by atoms with E-state index in [1.807, 2.05) is 18.2 Å². The van der Waals surface area contributed by atoms with Crippen LogP contribution in [-0.4, -0.2) is 27.0 Å². The molecule has 2 aromatic heterocycles. The molecule has 0 unspecified atom stereocenters. The fraction of sp³-hybridized carbons (Fsp3) is 0.412. The van der Waals surface area contributed by atoms with Gasteiger partial charge in [0.15, 0.2) is 0 Å². The smallest absolute Gasteiger partial charge is 0.314 e. The van der Waals surface area contributed by atoms with E-state index in [9.17, 15) is 10.1 Å². The average Bonchev–Trinajstić information content (AvgIpc) is 2.57. The van der Waals surface area contributed by atoms with Crippen LogP contribution in [-0.2, 0) is 0 Å². The summed E-state index contributed by atoms with van der Waals surface area (Å²) in [6.45, 7) is 1.73. The quantitative estimate of drug-likeness (QED) is 0.644. The molecule has 0 atom stereocenters. The molecule has 1 aliphatic rings. The van der Waals surface area contributed by atoms with Crippen molar-refractivity contribution >= 4 is 17.3 Å². The third kappa shape index (κ3) is 3.79. The molecule has 1 aliphatic carbocycles. The molecule has 0 radical (unpaired) electrons. The van der Waals surface area contributed by atoms with Gasteiger partial charge in [0.05, 0.1) is 4.92 Å². The third-order valence-electron chi connectivity index (χ3n) is 4.39. The number of hydrogen-bond donors (Lipinski definition) is 2. The van der Waals surface area contributed by atoms with Crippen LogP contribution in [0.1, 0.15) is 31.2 Å². The zero-order valence-corrected chi connectivity index (χ0v) is 13.6. The Hall–Kier alpha value is -2.70.